The van der Waals surface area contributed by atoms with Gasteiger partial charge < -0.3 is 19.8 Å². The molecule has 1 N–H and O–H groups in total. The molecule has 21 heavy (non-hydrogen) atoms. The predicted molar refractivity (Wildman–Crippen MR) is 80.6 cm³/mol. The van der Waals surface area contributed by atoms with Crippen LogP contribution in [-0.2, 0) is 9.63 Å². The SMILES string of the molecule is COc1ccccc1C1=NOC(C(=O)NCCN(C)C)C1. The van der Waals surface area contributed by atoms with E-state index in [2.05, 4.69) is 10.5 Å². The number of para-hydroxylation sites is 1. The fraction of sp³-hybridized carbons (Fsp3) is 0.467. The molecule has 0 saturated carbocycles. The van der Waals surface area contributed by atoms with E-state index in [1.807, 2.05) is 43.3 Å². The number of likely N-dealkylation sites (N-methyl/N-ethyl adjacent to an activating group) is 1. The molecule has 2 rings (SSSR count). The van der Waals surface area contributed by atoms with Crippen LogP contribution in [0.15, 0.2) is 29.4 Å². The molecule has 0 saturated heterocycles. The number of benzene rings is 1. The first-order chi connectivity index (χ1) is 10.1. The number of carbonyl (C=O) groups excluding carboxylic acids is 1. The highest BCUT2D eigenvalue weighted by Crippen LogP contribution is 2.24. The summed E-state index contributed by atoms with van der Waals surface area (Å²) in [6, 6.07) is 7.57. The van der Waals surface area contributed by atoms with Crippen molar-refractivity contribution in [2.75, 3.05) is 34.3 Å². The zero-order valence-corrected chi connectivity index (χ0v) is 12.6. The molecular formula is C15H21N3O3. The summed E-state index contributed by atoms with van der Waals surface area (Å²) in [5.74, 6) is 0.596. The second kappa shape index (κ2) is 7.08. The first-order valence-electron chi connectivity index (χ1n) is 6.90. The lowest BCUT2D eigenvalue weighted by Crippen LogP contribution is -2.38. The van der Waals surface area contributed by atoms with Crippen molar-refractivity contribution in [1.82, 2.24) is 10.2 Å². The maximum atomic E-state index is 12.0. The molecule has 1 aliphatic rings. The van der Waals surface area contributed by atoms with Gasteiger partial charge in [0.2, 0.25) is 6.10 Å². The Morgan fingerprint density at radius 3 is 2.95 bits per heavy atom. The van der Waals surface area contributed by atoms with Gasteiger partial charge in [-0.05, 0) is 26.2 Å². The molecule has 0 spiro atoms. The monoisotopic (exact) mass is 291 g/mol. The van der Waals surface area contributed by atoms with Gasteiger partial charge in [0, 0.05) is 25.1 Å². The van der Waals surface area contributed by atoms with Gasteiger partial charge >= 0.3 is 0 Å². The molecule has 1 heterocycles. The van der Waals surface area contributed by atoms with Gasteiger partial charge in [-0.15, -0.1) is 0 Å². The highest BCUT2D eigenvalue weighted by molar-refractivity contribution is 6.05. The molecule has 0 bridgehead atoms. The zero-order valence-electron chi connectivity index (χ0n) is 12.6. The number of methoxy groups -OCH3 is 1. The number of carbonyl (C=O) groups is 1. The molecule has 1 aromatic carbocycles. The number of nitrogens with zero attached hydrogens (tertiary/aromatic N) is 2. The van der Waals surface area contributed by atoms with Gasteiger partial charge in [-0.1, -0.05) is 17.3 Å². The Labute approximate surface area is 124 Å². The van der Waals surface area contributed by atoms with Crippen molar-refractivity contribution in [3.8, 4) is 5.75 Å². The van der Waals surface area contributed by atoms with Crippen molar-refractivity contribution in [2.24, 2.45) is 5.16 Å². The van der Waals surface area contributed by atoms with E-state index >= 15 is 0 Å². The van der Waals surface area contributed by atoms with Crippen LogP contribution in [0.5, 0.6) is 5.75 Å². The topological polar surface area (TPSA) is 63.2 Å². The van der Waals surface area contributed by atoms with E-state index in [9.17, 15) is 4.79 Å². The van der Waals surface area contributed by atoms with Gasteiger partial charge in [0.1, 0.15) is 5.75 Å². The van der Waals surface area contributed by atoms with Crippen molar-refractivity contribution in [1.29, 1.82) is 0 Å². The van der Waals surface area contributed by atoms with Gasteiger partial charge in [0.15, 0.2) is 0 Å². The molecule has 0 aromatic heterocycles. The average molecular weight is 291 g/mol. The number of amides is 1. The van der Waals surface area contributed by atoms with Gasteiger partial charge in [0.05, 0.1) is 12.8 Å². The van der Waals surface area contributed by atoms with E-state index in [4.69, 9.17) is 9.57 Å². The Kier molecular flexibility index (Phi) is 5.16. The third-order valence-electron chi connectivity index (χ3n) is 3.24. The largest absolute Gasteiger partial charge is 0.496 e. The zero-order chi connectivity index (χ0) is 15.2. The van der Waals surface area contributed by atoms with Crippen LogP contribution in [0.2, 0.25) is 0 Å². The number of oxime groups is 1. The summed E-state index contributed by atoms with van der Waals surface area (Å²) in [4.78, 5) is 19.3. The molecule has 1 aliphatic heterocycles. The van der Waals surface area contributed by atoms with Crippen LogP contribution in [0.4, 0.5) is 0 Å². The Bertz CT molecular complexity index is 529. The van der Waals surface area contributed by atoms with Crippen LogP contribution in [0.1, 0.15) is 12.0 Å². The van der Waals surface area contributed by atoms with Crippen LogP contribution < -0.4 is 10.1 Å². The molecule has 1 atom stereocenters. The quantitative estimate of drug-likeness (QED) is 0.844. The number of rotatable bonds is 6. The third-order valence-corrected chi connectivity index (χ3v) is 3.24. The lowest BCUT2D eigenvalue weighted by Gasteiger charge is -2.12. The second-order valence-electron chi connectivity index (χ2n) is 5.13. The van der Waals surface area contributed by atoms with Crippen molar-refractivity contribution in [3.63, 3.8) is 0 Å². The van der Waals surface area contributed by atoms with Gasteiger partial charge in [-0.2, -0.15) is 0 Å². The van der Waals surface area contributed by atoms with Gasteiger partial charge in [-0.3, -0.25) is 4.79 Å². The molecule has 0 fully saturated rings. The molecular weight excluding hydrogens is 270 g/mol. The number of hydrogen-bond donors (Lipinski definition) is 1. The summed E-state index contributed by atoms with van der Waals surface area (Å²) in [5.41, 5.74) is 1.60. The Balaban J connectivity index is 1.92. The minimum Gasteiger partial charge on any atom is -0.496 e. The van der Waals surface area contributed by atoms with Gasteiger partial charge in [0.25, 0.3) is 5.91 Å². The van der Waals surface area contributed by atoms with Crippen LogP contribution in [0.25, 0.3) is 0 Å². The highest BCUT2D eigenvalue weighted by Gasteiger charge is 2.29. The predicted octanol–water partition coefficient (Wildman–Crippen LogP) is 0.866. The summed E-state index contributed by atoms with van der Waals surface area (Å²) < 4.78 is 5.30. The number of hydrogen-bond acceptors (Lipinski definition) is 5. The molecule has 6 nitrogen and oxygen atoms in total. The van der Waals surface area contributed by atoms with E-state index in [1.165, 1.54) is 0 Å². The summed E-state index contributed by atoms with van der Waals surface area (Å²) in [7, 11) is 5.53. The average Bonchev–Trinajstić information content (AvgIpc) is 2.96. The maximum Gasteiger partial charge on any atom is 0.264 e. The second-order valence-corrected chi connectivity index (χ2v) is 5.13. The minimum absolute atomic E-state index is 0.134. The Morgan fingerprint density at radius 1 is 1.48 bits per heavy atom. The van der Waals surface area contributed by atoms with Crippen LogP contribution in [0, 0.1) is 0 Å². The number of ether oxygens (including phenoxy) is 1. The molecule has 114 valence electrons. The smallest absolute Gasteiger partial charge is 0.264 e. The normalized spacial score (nSPS) is 17.3. The van der Waals surface area contributed by atoms with Crippen LogP contribution in [0.3, 0.4) is 0 Å². The maximum absolute atomic E-state index is 12.0. The van der Waals surface area contributed by atoms with E-state index in [0.717, 1.165) is 23.6 Å². The van der Waals surface area contributed by atoms with Crippen molar-refractivity contribution < 1.29 is 14.4 Å². The van der Waals surface area contributed by atoms with Crippen molar-refractivity contribution >= 4 is 11.6 Å². The van der Waals surface area contributed by atoms with Crippen LogP contribution >= 0.6 is 0 Å². The minimum atomic E-state index is -0.563. The van der Waals surface area contributed by atoms with Crippen molar-refractivity contribution in [2.45, 2.75) is 12.5 Å². The molecule has 6 heteroatoms. The molecule has 1 aromatic rings. The van der Waals surface area contributed by atoms with Gasteiger partial charge in [-0.25, -0.2) is 0 Å². The Morgan fingerprint density at radius 2 is 2.24 bits per heavy atom. The van der Waals surface area contributed by atoms with E-state index < -0.39 is 6.10 Å². The lowest BCUT2D eigenvalue weighted by molar-refractivity contribution is -0.131. The molecule has 0 radical (unpaired) electrons. The summed E-state index contributed by atoms with van der Waals surface area (Å²) in [5, 5.41) is 6.87. The van der Waals surface area contributed by atoms with E-state index in [-0.39, 0.29) is 5.91 Å². The lowest BCUT2D eigenvalue weighted by atomic mass is 10.0. The van der Waals surface area contributed by atoms with Crippen LogP contribution in [-0.4, -0.2) is 56.9 Å². The van der Waals surface area contributed by atoms with E-state index in [0.29, 0.717) is 13.0 Å². The van der Waals surface area contributed by atoms with E-state index in [1.54, 1.807) is 7.11 Å². The molecule has 1 unspecified atom stereocenters. The summed E-state index contributed by atoms with van der Waals surface area (Å²) in [6.45, 7) is 1.38. The first kappa shape index (κ1) is 15.3. The summed E-state index contributed by atoms with van der Waals surface area (Å²) in [6.07, 6.45) is -0.110. The fourth-order valence-electron chi connectivity index (χ4n) is 2.08. The fourth-order valence-corrected chi connectivity index (χ4v) is 2.08. The summed E-state index contributed by atoms with van der Waals surface area (Å²) >= 11 is 0. The standard InChI is InChI=1S/C15H21N3O3/c1-18(2)9-8-16-15(19)14-10-12(17-21-14)11-6-4-5-7-13(11)20-3/h4-7,14H,8-10H2,1-3H3,(H,16,19). The first-order valence-corrected chi connectivity index (χ1v) is 6.90. The third kappa shape index (κ3) is 3.95. The van der Waals surface area contributed by atoms with Crippen molar-refractivity contribution in [3.05, 3.63) is 29.8 Å². The molecule has 1 amide bonds. The highest BCUT2D eigenvalue weighted by atomic mass is 16.6. The molecule has 0 aliphatic carbocycles. The number of nitrogens with one attached hydrogen (secondary N) is 1. The Hall–Kier alpha value is -2.08.